The topological polar surface area (TPSA) is 12.0 Å². The summed E-state index contributed by atoms with van der Waals surface area (Å²) in [5.41, 5.74) is 4.71. The second-order valence-electron chi connectivity index (χ2n) is 6.28. The van der Waals surface area contributed by atoms with E-state index in [0.29, 0.717) is 5.54 Å². The van der Waals surface area contributed by atoms with Crippen molar-refractivity contribution in [3.63, 3.8) is 0 Å². The van der Waals surface area contributed by atoms with E-state index in [9.17, 15) is 0 Å². The van der Waals surface area contributed by atoms with Crippen LogP contribution in [0.5, 0.6) is 0 Å². The normalized spacial score (nSPS) is 29.0. The molecule has 0 amide bonds. The highest BCUT2D eigenvalue weighted by Gasteiger charge is 2.46. The molecule has 0 radical (unpaired) electrons. The maximum absolute atomic E-state index is 3.92. The highest BCUT2D eigenvalue weighted by atomic mass is 15.0. The maximum Gasteiger partial charge on any atom is 0.0463 e. The Balaban J connectivity index is 1.99. The second kappa shape index (κ2) is 4.70. The molecule has 0 spiro atoms. The van der Waals surface area contributed by atoms with Crippen molar-refractivity contribution in [3.8, 4) is 0 Å². The molecule has 1 N–H and O–H groups in total. The van der Waals surface area contributed by atoms with Gasteiger partial charge in [0, 0.05) is 5.54 Å². The van der Waals surface area contributed by atoms with Crippen LogP contribution in [-0.2, 0) is 5.54 Å². The van der Waals surface area contributed by atoms with Crippen LogP contribution in [0.1, 0.15) is 55.2 Å². The van der Waals surface area contributed by atoms with Gasteiger partial charge in [-0.15, -0.1) is 0 Å². The molecule has 3 rings (SSSR count). The van der Waals surface area contributed by atoms with Crippen LogP contribution in [0.15, 0.2) is 18.2 Å². The smallest absolute Gasteiger partial charge is 0.0463 e. The lowest BCUT2D eigenvalue weighted by atomic mass is 9.80. The van der Waals surface area contributed by atoms with Gasteiger partial charge < -0.3 is 5.32 Å². The third-order valence-electron chi connectivity index (χ3n) is 4.98. The SMILES string of the molecule is Cc1ccc(C2(C3CC3)CCCCCN2)cc1C. The first-order valence-electron chi connectivity index (χ1n) is 7.55. The van der Waals surface area contributed by atoms with Crippen molar-refractivity contribution in [1.82, 2.24) is 5.32 Å². The molecule has 1 saturated carbocycles. The van der Waals surface area contributed by atoms with Crippen molar-refractivity contribution in [1.29, 1.82) is 0 Å². The van der Waals surface area contributed by atoms with E-state index in [4.69, 9.17) is 0 Å². The first-order valence-corrected chi connectivity index (χ1v) is 7.55. The molecule has 1 heteroatoms. The molecule has 1 saturated heterocycles. The monoisotopic (exact) mass is 243 g/mol. The van der Waals surface area contributed by atoms with E-state index in [2.05, 4.69) is 37.4 Å². The number of nitrogens with one attached hydrogen (secondary N) is 1. The molecule has 0 aromatic heterocycles. The zero-order valence-electron chi connectivity index (χ0n) is 11.8. The Kier molecular flexibility index (Phi) is 3.19. The molecule has 1 aromatic carbocycles. The molecule has 2 fully saturated rings. The second-order valence-corrected chi connectivity index (χ2v) is 6.28. The van der Waals surface area contributed by atoms with Crippen molar-refractivity contribution >= 4 is 0 Å². The average molecular weight is 243 g/mol. The number of rotatable bonds is 2. The Morgan fingerprint density at radius 1 is 1.06 bits per heavy atom. The number of aryl methyl sites for hydroxylation is 2. The van der Waals surface area contributed by atoms with Crippen LogP contribution in [0.25, 0.3) is 0 Å². The molecule has 1 unspecified atom stereocenters. The van der Waals surface area contributed by atoms with E-state index in [1.54, 1.807) is 5.56 Å². The molecule has 1 aliphatic carbocycles. The van der Waals surface area contributed by atoms with Crippen LogP contribution in [0.3, 0.4) is 0 Å². The number of hydrogen-bond acceptors (Lipinski definition) is 1. The summed E-state index contributed by atoms with van der Waals surface area (Å²) in [6.07, 6.45) is 8.29. The lowest BCUT2D eigenvalue weighted by molar-refractivity contribution is 0.279. The largest absolute Gasteiger partial charge is 0.307 e. The van der Waals surface area contributed by atoms with Gasteiger partial charge in [-0.2, -0.15) is 0 Å². The molecule has 18 heavy (non-hydrogen) atoms. The van der Waals surface area contributed by atoms with E-state index >= 15 is 0 Å². The van der Waals surface area contributed by atoms with Crippen LogP contribution >= 0.6 is 0 Å². The third kappa shape index (κ3) is 2.09. The highest BCUT2D eigenvalue weighted by Crippen LogP contribution is 2.49. The van der Waals surface area contributed by atoms with Crippen LogP contribution in [-0.4, -0.2) is 6.54 Å². The summed E-state index contributed by atoms with van der Waals surface area (Å²) < 4.78 is 0. The Labute approximate surface area is 111 Å². The van der Waals surface area contributed by atoms with Crippen molar-refractivity contribution in [2.75, 3.05) is 6.54 Å². The first kappa shape index (κ1) is 12.2. The fraction of sp³-hybridized carbons (Fsp3) is 0.647. The van der Waals surface area contributed by atoms with E-state index < -0.39 is 0 Å². The van der Waals surface area contributed by atoms with Crippen LogP contribution in [0.4, 0.5) is 0 Å². The Hall–Kier alpha value is -0.820. The summed E-state index contributed by atoms with van der Waals surface area (Å²) in [6.45, 7) is 5.66. The van der Waals surface area contributed by atoms with Gasteiger partial charge in [-0.05, 0) is 68.7 Å². The van der Waals surface area contributed by atoms with Crippen LogP contribution < -0.4 is 5.32 Å². The molecule has 1 nitrogen and oxygen atoms in total. The molecular formula is C17H25N. The molecule has 2 aliphatic rings. The standard InChI is InChI=1S/C17H25N/c1-13-6-7-16(12-14(13)2)17(15-8-9-15)10-4-3-5-11-18-17/h6-7,12,15,18H,3-5,8-11H2,1-2H3. The molecule has 1 aromatic rings. The van der Waals surface area contributed by atoms with E-state index in [1.807, 2.05) is 0 Å². The van der Waals surface area contributed by atoms with E-state index in [0.717, 1.165) is 5.92 Å². The highest BCUT2D eigenvalue weighted by molar-refractivity contribution is 5.36. The van der Waals surface area contributed by atoms with Crippen LogP contribution in [0.2, 0.25) is 0 Å². The minimum Gasteiger partial charge on any atom is -0.307 e. The van der Waals surface area contributed by atoms with Crippen molar-refractivity contribution in [3.05, 3.63) is 34.9 Å². The van der Waals surface area contributed by atoms with Gasteiger partial charge in [-0.3, -0.25) is 0 Å². The summed E-state index contributed by atoms with van der Waals surface area (Å²) in [4.78, 5) is 0. The maximum atomic E-state index is 3.92. The molecule has 1 heterocycles. The fourth-order valence-corrected chi connectivity index (χ4v) is 3.53. The number of hydrogen-bond donors (Lipinski definition) is 1. The van der Waals surface area contributed by atoms with Gasteiger partial charge in [0.2, 0.25) is 0 Å². The Morgan fingerprint density at radius 3 is 2.61 bits per heavy atom. The zero-order valence-corrected chi connectivity index (χ0v) is 11.8. The predicted octanol–water partition coefficient (Wildman–Crippen LogP) is 4.07. The molecule has 1 atom stereocenters. The molecule has 1 aliphatic heterocycles. The van der Waals surface area contributed by atoms with Crippen molar-refractivity contribution < 1.29 is 0 Å². The van der Waals surface area contributed by atoms with E-state index in [1.165, 1.54) is 56.2 Å². The first-order chi connectivity index (χ1) is 8.72. The number of benzene rings is 1. The fourth-order valence-electron chi connectivity index (χ4n) is 3.53. The van der Waals surface area contributed by atoms with Crippen LogP contribution in [0, 0.1) is 19.8 Å². The summed E-state index contributed by atoms with van der Waals surface area (Å²) in [7, 11) is 0. The summed E-state index contributed by atoms with van der Waals surface area (Å²) >= 11 is 0. The summed E-state index contributed by atoms with van der Waals surface area (Å²) in [5, 5.41) is 3.92. The van der Waals surface area contributed by atoms with Gasteiger partial charge in [0.1, 0.15) is 0 Å². The average Bonchev–Trinajstić information content (AvgIpc) is 3.17. The molecule has 0 bridgehead atoms. The Morgan fingerprint density at radius 2 is 1.89 bits per heavy atom. The van der Waals surface area contributed by atoms with Crippen molar-refractivity contribution in [2.45, 2.75) is 57.9 Å². The van der Waals surface area contributed by atoms with Gasteiger partial charge in [-0.1, -0.05) is 31.0 Å². The lowest BCUT2D eigenvalue weighted by Crippen LogP contribution is -2.44. The summed E-state index contributed by atoms with van der Waals surface area (Å²) in [5.74, 6) is 0.887. The Bertz CT molecular complexity index is 423. The minimum absolute atomic E-state index is 0.301. The van der Waals surface area contributed by atoms with Gasteiger partial charge >= 0.3 is 0 Å². The van der Waals surface area contributed by atoms with Crippen molar-refractivity contribution in [2.24, 2.45) is 5.92 Å². The lowest BCUT2D eigenvalue weighted by Gasteiger charge is -2.35. The molecule has 98 valence electrons. The van der Waals surface area contributed by atoms with E-state index in [-0.39, 0.29) is 0 Å². The summed E-state index contributed by atoms with van der Waals surface area (Å²) in [6, 6.07) is 7.12. The van der Waals surface area contributed by atoms with Gasteiger partial charge in [0.15, 0.2) is 0 Å². The van der Waals surface area contributed by atoms with Gasteiger partial charge in [-0.25, -0.2) is 0 Å². The van der Waals surface area contributed by atoms with Gasteiger partial charge in [0.05, 0.1) is 0 Å². The molecular weight excluding hydrogens is 218 g/mol. The quantitative estimate of drug-likeness (QED) is 0.825. The third-order valence-corrected chi connectivity index (χ3v) is 4.98. The minimum atomic E-state index is 0.301. The van der Waals surface area contributed by atoms with Gasteiger partial charge in [0.25, 0.3) is 0 Å². The predicted molar refractivity (Wildman–Crippen MR) is 76.8 cm³/mol. The zero-order chi connectivity index (χ0) is 12.6.